The molecule has 2 N–H and O–H groups in total. The molecule has 6 nitrogen and oxygen atoms in total. The van der Waals surface area contributed by atoms with Crippen molar-refractivity contribution in [2.75, 3.05) is 37.6 Å². The Morgan fingerprint density at radius 3 is 2.32 bits per heavy atom. The second-order valence-electron chi connectivity index (χ2n) is 5.84. The molecule has 28 heavy (non-hydrogen) atoms. The molecule has 0 atom stereocenters. The third-order valence-electron chi connectivity index (χ3n) is 3.78. The molecular weight excluding hydrogens is 400 g/mol. The molecule has 150 valence electrons. The van der Waals surface area contributed by atoms with E-state index in [9.17, 15) is 9.59 Å². The van der Waals surface area contributed by atoms with Crippen molar-refractivity contribution in [2.24, 2.45) is 0 Å². The van der Waals surface area contributed by atoms with Gasteiger partial charge in [0.2, 0.25) is 11.8 Å². The van der Waals surface area contributed by atoms with Gasteiger partial charge in [-0.3, -0.25) is 9.59 Å². The van der Waals surface area contributed by atoms with Gasteiger partial charge in [0.25, 0.3) is 0 Å². The Kier molecular flexibility index (Phi) is 8.97. The SMILES string of the molecule is COc1ccc(CCNC(=O)CSCC(=O)Nc2ccc(Cl)cc2)cc1OC. The van der Waals surface area contributed by atoms with Crippen molar-refractivity contribution in [1.29, 1.82) is 0 Å². The summed E-state index contributed by atoms with van der Waals surface area (Å²) in [5, 5.41) is 6.21. The maximum absolute atomic E-state index is 11.9. The quantitative estimate of drug-likeness (QED) is 0.613. The van der Waals surface area contributed by atoms with Crippen LogP contribution in [0.1, 0.15) is 5.56 Å². The average Bonchev–Trinajstić information content (AvgIpc) is 2.69. The number of nitrogens with one attached hydrogen (secondary N) is 2. The van der Waals surface area contributed by atoms with Crippen LogP contribution in [0, 0.1) is 0 Å². The van der Waals surface area contributed by atoms with Gasteiger partial charge in [-0.05, 0) is 48.4 Å². The fourth-order valence-electron chi connectivity index (χ4n) is 2.40. The lowest BCUT2D eigenvalue weighted by atomic mass is 10.1. The van der Waals surface area contributed by atoms with E-state index >= 15 is 0 Å². The predicted octanol–water partition coefficient (Wildman–Crippen LogP) is 3.39. The van der Waals surface area contributed by atoms with Crippen molar-refractivity contribution in [3.05, 3.63) is 53.1 Å². The van der Waals surface area contributed by atoms with Crippen LogP contribution in [0.5, 0.6) is 11.5 Å². The van der Waals surface area contributed by atoms with Gasteiger partial charge in [-0.1, -0.05) is 17.7 Å². The summed E-state index contributed by atoms with van der Waals surface area (Å²) >= 11 is 7.07. The minimum atomic E-state index is -0.162. The van der Waals surface area contributed by atoms with Crippen LogP contribution in [0.25, 0.3) is 0 Å². The van der Waals surface area contributed by atoms with Gasteiger partial charge in [-0.2, -0.15) is 0 Å². The molecule has 2 aromatic carbocycles. The van der Waals surface area contributed by atoms with Crippen LogP contribution in [-0.4, -0.2) is 44.1 Å². The molecule has 2 rings (SSSR count). The molecule has 0 saturated carbocycles. The van der Waals surface area contributed by atoms with Crippen LogP contribution in [-0.2, 0) is 16.0 Å². The molecule has 0 aromatic heterocycles. The first kappa shape index (κ1) is 21.9. The Bertz CT molecular complexity index is 799. The highest BCUT2D eigenvalue weighted by Gasteiger charge is 2.07. The smallest absolute Gasteiger partial charge is 0.234 e. The van der Waals surface area contributed by atoms with Crippen molar-refractivity contribution in [3.8, 4) is 11.5 Å². The maximum Gasteiger partial charge on any atom is 0.234 e. The van der Waals surface area contributed by atoms with Gasteiger partial charge in [0.15, 0.2) is 11.5 Å². The van der Waals surface area contributed by atoms with E-state index in [0.717, 1.165) is 5.56 Å². The van der Waals surface area contributed by atoms with Crippen LogP contribution in [0.15, 0.2) is 42.5 Å². The van der Waals surface area contributed by atoms with Gasteiger partial charge in [0.1, 0.15) is 0 Å². The van der Waals surface area contributed by atoms with Crippen LogP contribution < -0.4 is 20.1 Å². The molecule has 0 aliphatic carbocycles. The molecule has 0 aliphatic rings. The second-order valence-corrected chi connectivity index (χ2v) is 7.26. The number of anilines is 1. The molecule has 2 aromatic rings. The molecular formula is C20H23ClN2O4S. The van der Waals surface area contributed by atoms with Crippen LogP contribution in [0.3, 0.4) is 0 Å². The van der Waals surface area contributed by atoms with E-state index < -0.39 is 0 Å². The topological polar surface area (TPSA) is 76.7 Å². The molecule has 0 spiro atoms. The van der Waals surface area contributed by atoms with Crippen molar-refractivity contribution in [2.45, 2.75) is 6.42 Å². The van der Waals surface area contributed by atoms with Crippen molar-refractivity contribution in [1.82, 2.24) is 5.32 Å². The number of carbonyl (C=O) groups excluding carboxylic acids is 2. The van der Waals surface area contributed by atoms with Crippen molar-refractivity contribution in [3.63, 3.8) is 0 Å². The monoisotopic (exact) mass is 422 g/mol. The average molecular weight is 423 g/mol. The fraction of sp³-hybridized carbons (Fsp3) is 0.300. The number of halogens is 1. The van der Waals surface area contributed by atoms with E-state index in [1.165, 1.54) is 11.8 Å². The molecule has 2 amide bonds. The number of amides is 2. The van der Waals surface area contributed by atoms with Crippen LogP contribution in [0.4, 0.5) is 5.69 Å². The summed E-state index contributed by atoms with van der Waals surface area (Å²) < 4.78 is 10.5. The first-order valence-corrected chi connectivity index (χ1v) is 10.2. The number of hydrogen-bond acceptors (Lipinski definition) is 5. The first-order chi connectivity index (χ1) is 13.5. The lowest BCUT2D eigenvalue weighted by Crippen LogP contribution is -2.28. The third kappa shape index (κ3) is 7.32. The van der Waals surface area contributed by atoms with Gasteiger partial charge in [0, 0.05) is 17.3 Å². The number of methoxy groups -OCH3 is 2. The van der Waals surface area contributed by atoms with Gasteiger partial charge < -0.3 is 20.1 Å². The fourth-order valence-corrected chi connectivity index (χ4v) is 3.17. The first-order valence-electron chi connectivity index (χ1n) is 8.62. The molecule has 0 unspecified atom stereocenters. The summed E-state index contributed by atoms with van der Waals surface area (Å²) in [5.41, 5.74) is 1.71. The number of benzene rings is 2. The number of rotatable bonds is 10. The van der Waals surface area contributed by atoms with Crippen molar-refractivity contribution < 1.29 is 19.1 Å². The number of ether oxygens (including phenoxy) is 2. The molecule has 8 heteroatoms. The molecule has 0 fully saturated rings. The number of thioether (sulfide) groups is 1. The standard InChI is InChI=1S/C20H23ClN2O4S/c1-26-17-8-3-14(11-18(17)27-2)9-10-22-19(24)12-28-13-20(25)23-16-6-4-15(21)5-7-16/h3-8,11H,9-10,12-13H2,1-2H3,(H,22,24)(H,23,25). The molecule has 0 saturated heterocycles. The summed E-state index contributed by atoms with van der Waals surface area (Å²) in [7, 11) is 3.18. The Morgan fingerprint density at radius 2 is 1.64 bits per heavy atom. The molecule has 0 aliphatic heterocycles. The molecule has 0 heterocycles. The lowest BCUT2D eigenvalue weighted by Gasteiger charge is -2.10. The van der Waals surface area contributed by atoms with Crippen LogP contribution >= 0.6 is 23.4 Å². The zero-order chi connectivity index (χ0) is 20.4. The van der Waals surface area contributed by atoms with E-state index in [-0.39, 0.29) is 23.3 Å². The zero-order valence-corrected chi connectivity index (χ0v) is 17.4. The summed E-state index contributed by atoms with van der Waals surface area (Å²) in [6.45, 7) is 0.506. The highest BCUT2D eigenvalue weighted by molar-refractivity contribution is 8.00. The van der Waals surface area contributed by atoms with Crippen LogP contribution in [0.2, 0.25) is 5.02 Å². The number of carbonyl (C=O) groups is 2. The predicted molar refractivity (Wildman–Crippen MR) is 114 cm³/mol. The van der Waals surface area contributed by atoms with Gasteiger partial charge in [-0.15, -0.1) is 11.8 Å². The summed E-state index contributed by atoms with van der Waals surface area (Å²) in [5.74, 6) is 1.48. The van der Waals surface area contributed by atoms with E-state index in [1.807, 2.05) is 18.2 Å². The van der Waals surface area contributed by atoms with Crippen molar-refractivity contribution >= 4 is 40.9 Å². The summed E-state index contributed by atoms with van der Waals surface area (Å²) in [6, 6.07) is 12.5. The maximum atomic E-state index is 11.9. The zero-order valence-electron chi connectivity index (χ0n) is 15.8. The minimum absolute atomic E-state index is 0.107. The van der Waals surface area contributed by atoms with Gasteiger partial charge in [-0.25, -0.2) is 0 Å². The highest BCUT2D eigenvalue weighted by atomic mass is 35.5. The van der Waals surface area contributed by atoms with E-state index in [4.69, 9.17) is 21.1 Å². The summed E-state index contributed by atoms with van der Waals surface area (Å²) in [6.07, 6.45) is 0.674. The second kappa shape index (κ2) is 11.5. The normalized spacial score (nSPS) is 10.2. The highest BCUT2D eigenvalue weighted by Crippen LogP contribution is 2.27. The summed E-state index contributed by atoms with van der Waals surface area (Å²) in [4.78, 5) is 23.8. The van der Waals surface area contributed by atoms with E-state index in [2.05, 4.69) is 10.6 Å². The Labute approximate surface area is 173 Å². The Balaban J connectivity index is 1.64. The minimum Gasteiger partial charge on any atom is -0.493 e. The number of hydrogen-bond donors (Lipinski definition) is 2. The van der Waals surface area contributed by atoms with E-state index in [1.54, 1.807) is 38.5 Å². The molecule has 0 bridgehead atoms. The lowest BCUT2D eigenvalue weighted by molar-refractivity contribution is -0.118. The Morgan fingerprint density at radius 1 is 0.964 bits per heavy atom. The van der Waals surface area contributed by atoms with Gasteiger partial charge >= 0.3 is 0 Å². The third-order valence-corrected chi connectivity index (χ3v) is 4.96. The largest absolute Gasteiger partial charge is 0.493 e. The molecule has 0 radical (unpaired) electrons. The van der Waals surface area contributed by atoms with E-state index in [0.29, 0.717) is 35.2 Å². The van der Waals surface area contributed by atoms with Gasteiger partial charge in [0.05, 0.1) is 25.7 Å². The Hall–Kier alpha value is -2.38.